The third-order valence-corrected chi connectivity index (χ3v) is 4.49. The van der Waals surface area contributed by atoms with Gasteiger partial charge in [0.2, 0.25) is 0 Å². The molecule has 0 saturated heterocycles. The predicted molar refractivity (Wildman–Crippen MR) is 90.1 cm³/mol. The number of carbonyl (C=O) groups excluding carboxylic acids is 1. The molecule has 1 aliphatic heterocycles. The number of carbonyl (C=O) groups is 1. The van der Waals surface area contributed by atoms with Crippen LogP contribution >= 0.6 is 11.8 Å². The highest BCUT2D eigenvalue weighted by Crippen LogP contribution is 2.34. The Bertz CT molecular complexity index is 720. The predicted octanol–water partition coefficient (Wildman–Crippen LogP) is 4.71. The molecule has 0 aliphatic carbocycles. The Kier molecular flexibility index (Phi) is 5.08. The van der Waals surface area contributed by atoms with E-state index in [0.717, 1.165) is 12.1 Å². The summed E-state index contributed by atoms with van der Waals surface area (Å²) in [6.45, 7) is 2.57. The lowest BCUT2D eigenvalue weighted by Crippen LogP contribution is -2.43. The number of rotatable bonds is 6. The molecular weight excluding hydrogens is 334 g/mol. The molecule has 128 valence electrons. The molecule has 3 rings (SSSR count). The molecule has 1 aromatic heterocycles. The molecule has 0 spiro atoms. The van der Waals surface area contributed by atoms with E-state index in [4.69, 9.17) is 4.42 Å². The van der Waals surface area contributed by atoms with Crippen molar-refractivity contribution in [2.24, 2.45) is 0 Å². The zero-order valence-corrected chi connectivity index (χ0v) is 14.0. The van der Waals surface area contributed by atoms with Crippen LogP contribution in [0.4, 0.5) is 14.5 Å². The SMILES string of the molecule is CCCN1C(=O)c2ccccc2N[C@H]1c1ccc(CSC(F)F)o1. The van der Waals surface area contributed by atoms with E-state index in [1.165, 1.54) is 0 Å². The fourth-order valence-corrected chi connectivity index (χ4v) is 3.20. The Labute approximate surface area is 143 Å². The van der Waals surface area contributed by atoms with Gasteiger partial charge in [-0.3, -0.25) is 4.79 Å². The van der Waals surface area contributed by atoms with Gasteiger partial charge in [0.1, 0.15) is 11.5 Å². The number of hydrogen-bond donors (Lipinski definition) is 1. The maximum absolute atomic E-state index is 12.8. The highest BCUT2D eigenvalue weighted by molar-refractivity contribution is 7.98. The second kappa shape index (κ2) is 7.25. The molecule has 4 nitrogen and oxygen atoms in total. The summed E-state index contributed by atoms with van der Waals surface area (Å²) in [5.41, 5.74) is 1.38. The van der Waals surface area contributed by atoms with E-state index in [9.17, 15) is 13.6 Å². The van der Waals surface area contributed by atoms with E-state index in [-0.39, 0.29) is 11.7 Å². The molecule has 1 aromatic carbocycles. The van der Waals surface area contributed by atoms with Crippen LogP contribution in [0, 0.1) is 0 Å². The normalized spacial score (nSPS) is 17.1. The molecule has 0 bridgehead atoms. The molecule has 1 N–H and O–H groups in total. The van der Waals surface area contributed by atoms with Gasteiger partial charge in [-0.25, -0.2) is 0 Å². The molecule has 1 atom stereocenters. The largest absolute Gasteiger partial charge is 0.461 e. The van der Waals surface area contributed by atoms with Crippen molar-refractivity contribution in [3.05, 3.63) is 53.5 Å². The average molecular weight is 352 g/mol. The third-order valence-electron chi connectivity index (χ3n) is 3.79. The highest BCUT2D eigenvalue weighted by Gasteiger charge is 2.33. The lowest BCUT2D eigenvalue weighted by molar-refractivity contribution is 0.0662. The maximum Gasteiger partial charge on any atom is 0.284 e. The van der Waals surface area contributed by atoms with E-state index in [0.29, 0.717) is 35.4 Å². The third kappa shape index (κ3) is 3.40. The number of nitrogens with zero attached hydrogens (tertiary/aromatic N) is 1. The van der Waals surface area contributed by atoms with Gasteiger partial charge in [0.15, 0.2) is 6.17 Å². The summed E-state index contributed by atoms with van der Waals surface area (Å²) >= 11 is 0.516. The standard InChI is InChI=1S/C17H18F2N2O2S/c1-2-9-21-15(14-8-7-11(23-14)10-24-17(18)19)20-13-6-4-3-5-12(13)16(21)22/h3-8,15,17,20H,2,9-10H2,1H3/t15-/m1/s1. The molecule has 0 radical (unpaired) electrons. The first-order valence-corrected chi connectivity index (χ1v) is 8.80. The molecule has 0 fully saturated rings. The Morgan fingerprint density at radius 1 is 1.29 bits per heavy atom. The molecule has 1 amide bonds. The fourth-order valence-electron chi connectivity index (χ4n) is 2.75. The minimum absolute atomic E-state index is 0.0592. The molecule has 0 saturated carbocycles. The molecule has 2 heterocycles. The van der Waals surface area contributed by atoms with Crippen molar-refractivity contribution in [1.29, 1.82) is 0 Å². The Morgan fingerprint density at radius 3 is 2.83 bits per heavy atom. The highest BCUT2D eigenvalue weighted by atomic mass is 32.2. The van der Waals surface area contributed by atoms with Gasteiger partial charge in [0, 0.05) is 12.2 Å². The zero-order chi connectivity index (χ0) is 17.1. The number of alkyl halides is 2. The van der Waals surface area contributed by atoms with Crippen molar-refractivity contribution < 1.29 is 18.0 Å². The lowest BCUT2D eigenvalue weighted by Gasteiger charge is -2.36. The summed E-state index contributed by atoms with van der Waals surface area (Å²) < 4.78 is 30.3. The van der Waals surface area contributed by atoms with Crippen LogP contribution < -0.4 is 5.32 Å². The van der Waals surface area contributed by atoms with Gasteiger partial charge in [-0.2, -0.15) is 8.78 Å². The molecule has 0 unspecified atom stereocenters. The van der Waals surface area contributed by atoms with Crippen LogP contribution in [0.15, 0.2) is 40.8 Å². The summed E-state index contributed by atoms with van der Waals surface area (Å²) in [6.07, 6.45) is 0.374. The van der Waals surface area contributed by atoms with Crippen LogP contribution in [0.2, 0.25) is 0 Å². The monoisotopic (exact) mass is 352 g/mol. The minimum atomic E-state index is -2.43. The van der Waals surface area contributed by atoms with Crippen molar-refractivity contribution in [2.45, 2.75) is 31.0 Å². The van der Waals surface area contributed by atoms with Crippen LogP contribution in [-0.2, 0) is 5.75 Å². The van der Waals surface area contributed by atoms with Crippen molar-refractivity contribution >= 4 is 23.4 Å². The van der Waals surface area contributed by atoms with E-state index < -0.39 is 11.9 Å². The smallest absolute Gasteiger partial charge is 0.284 e. The van der Waals surface area contributed by atoms with Crippen LogP contribution in [0.1, 0.15) is 41.4 Å². The molecule has 2 aromatic rings. The van der Waals surface area contributed by atoms with Crippen molar-refractivity contribution in [2.75, 3.05) is 11.9 Å². The fraction of sp³-hybridized carbons (Fsp3) is 0.353. The van der Waals surface area contributed by atoms with Gasteiger partial charge in [0.05, 0.1) is 11.3 Å². The van der Waals surface area contributed by atoms with Gasteiger partial charge in [-0.05, 0) is 30.7 Å². The van der Waals surface area contributed by atoms with Crippen LogP contribution in [0.5, 0.6) is 0 Å². The number of benzene rings is 1. The lowest BCUT2D eigenvalue weighted by atomic mass is 10.1. The molecule has 1 aliphatic rings. The van der Waals surface area contributed by atoms with E-state index in [1.807, 2.05) is 25.1 Å². The van der Waals surface area contributed by atoms with Crippen LogP contribution in [-0.4, -0.2) is 23.1 Å². The van der Waals surface area contributed by atoms with E-state index in [1.54, 1.807) is 23.1 Å². The maximum atomic E-state index is 12.8. The summed E-state index contributed by atoms with van der Waals surface area (Å²) in [4.78, 5) is 14.5. The summed E-state index contributed by atoms with van der Waals surface area (Å²) in [6, 6.07) is 10.7. The first kappa shape index (κ1) is 16.8. The first-order valence-electron chi connectivity index (χ1n) is 7.75. The summed E-state index contributed by atoms with van der Waals surface area (Å²) in [5.74, 6) is -1.37. The van der Waals surface area contributed by atoms with Crippen molar-refractivity contribution in [3.63, 3.8) is 0 Å². The van der Waals surface area contributed by atoms with Gasteiger partial charge >= 0.3 is 0 Å². The van der Waals surface area contributed by atoms with Gasteiger partial charge < -0.3 is 14.6 Å². The zero-order valence-electron chi connectivity index (χ0n) is 13.2. The quantitative estimate of drug-likeness (QED) is 0.818. The van der Waals surface area contributed by atoms with Crippen LogP contribution in [0.25, 0.3) is 0 Å². The minimum Gasteiger partial charge on any atom is -0.461 e. The van der Waals surface area contributed by atoms with Crippen molar-refractivity contribution in [1.82, 2.24) is 4.90 Å². The molecular formula is C17H18F2N2O2S. The number of anilines is 1. The Morgan fingerprint density at radius 2 is 2.08 bits per heavy atom. The van der Waals surface area contributed by atoms with E-state index in [2.05, 4.69) is 5.32 Å². The number of amides is 1. The van der Waals surface area contributed by atoms with Gasteiger partial charge in [-0.1, -0.05) is 30.8 Å². The van der Waals surface area contributed by atoms with Crippen LogP contribution in [0.3, 0.4) is 0 Å². The average Bonchev–Trinajstić information content (AvgIpc) is 3.04. The number of nitrogens with one attached hydrogen (secondary N) is 1. The summed E-state index contributed by atoms with van der Waals surface area (Å²) in [7, 11) is 0. The molecule has 7 heteroatoms. The van der Waals surface area contributed by atoms with Crippen molar-refractivity contribution in [3.8, 4) is 0 Å². The second-order valence-corrected chi connectivity index (χ2v) is 6.45. The van der Waals surface area contributed by atoms with E-state index >= 15 is 0 Å². The van der Waals surface area contributed by atoms with Gasteiger partial charge in [-0.15, -0.1) is 0 Å². The second-order valence-electron chi connectivity index (χ2n) is 5.47. The Hall–Kier alpha value is -2.02. The number of furan rings is 1. The number of fused-ring (bicyclic) bond motifs is 1. The number of thioether (sulfide) groups is 1. The molecule has 24 heavy (non-hydrogen) atoms. The number of para-hydroxylation sites is 1. The first-order chi connectivity index (χ1) is 11.6. The van der Waals surface area contributed by atoms with Gasteiger partial charge in [0.25, 0.3) is 11.7 Å². The summed E-state index contributed by atoms with van der Waals surface area (Å²) in [5, 5.41) is 3.31. The number of halogens is 2. The topological polar surface area (TPSA) is 45.5 Å². The Balaban J connectivity index is 1.87. The number of hydrogen-bond acceptors (Lipinski definition) is 4.